The molecule has 1 unspecified atom stereocenters. The fourth-order valence-corrected chi connectivity index (χ4v) is 1.74. The zero-order valence-electron chi connectivity index (χ0n) is 10.1. The quantitative estimate of drug-likeness (QED) is 0.775. The minimum Gasteiger partial charge on any atom is -0.496 e. The van der Waals surface area contributed by atoms with Gasteiger partial charge in [0.05, 0.1) is 19.8 Å². The molecule has 0 saturated carbocycles. The summed E-state index contributed by atoms with van der Waals surface area (Å²) in [6.45, 7) is 0. The summed E-state index contributed by atoms with van der Waals surface area (Å²) in [6.07, 6.45) is 0. The average molecular weight is 248 g/mol. The van der Waals surface area contributed by atoms with Gasteiger partial charge in [-0.25, -0.2) is 0 Å². The first-order valence-corrected chi connectivity index (χ1v) is 5.13. The molecule has 17 heavy (non-hydrogen) atoms. The molecule has 3 heteroatoms. The van der Waals surface area contributed by atoms with Crippen molar-refractivity contribution in [2.75, 3.05) is 14.2 Å². The van der Waals surface area contributed by atoms with Crippen molar-refractivity contribution in [2.24, 2.45) is 0 Å². The van der Waals surface area contributed by atoms with E-state index >= 15 is 0 Å². The summed E-state index contributed by atoms with van der Waals surface area (Å²) < 4.78 is 10.7. The lowest BCUT2D eigenvalue weighted by atomic mass is 10.0. The minimum absolute atomic E-state index is 0. The molecule has 2 aromatic rings. The first-order valence-electron chi connectivity index (χ1n) is 5.13. The molecule has 0 aliphatic rings. The predicted octanol–water partition coefficient (Wildman–Crippen LogP) is 3.43. The molecule has 0 fully saturated rings. The van der Waals surface area contributed by atoms with E-state index in [0.717, 1.165) is 22.6 Å². The molecule has 0 bridgehead atoms. The van der Waals surface area contributed by atoms with Gasteiger partial charge in [0.25, 0.3) is 0 Å². The number of hydrogen-bond acceptors (Lipinski definition) is 2. The molecule has 2 aromatic carbocycles. The molecule has 0 aromatic heterocycles. The Bertz CT molecular complexity index is 447. The molecule has 2 rings (SSSR count). The predicted molar refractivity (Wildman–Crippen MR) is 76.1 cm³/mol. The third-order valence-electron chi connectivity index (χ3n) is 2.49. The van der Waals surface area contributed by atoms with Gasteiger partial charge in [0.15, 0.2) is 0 Å². The summed E-state index contributed by atoms with van der Waals surface area (Å²) in [5.74, 6) is 1.65. The van der Waals surface area contributed by atoms with Gasteiger partial charge in [0, 0.05) is 0 Å². The number of benzene rings is 2. The van der Waals surface area contributed by atoms with Crippen molar-refractivity contribution in [1.29, 1.82) is 0 Å². The number of methoxy groups -OCH3 is 2. The van der Waals surface area contributed by atoms with E-state index in [1.54, 1.807) is 14.2 Å². The maximum atomic E-state index is 5.36. The standard InChI is InChI=1S/C14H14O2.H3P/c1-15-12-9-6-10-13(16-2)14(12)11-7-4-3-5-8-11;/h3-10H,1-2H3;1H3. The van der Waals surface area contributed by atoms with E-state index in [9.17, 15) is 0 Å². The second-order valence-corrected chi connectivity index (χ2v) is 3.40. The summed E-state index contributed by atoms with van der Waals surface area (Å²) in [6, 6.07) is 15.9. The van der Waals surface area contributed by atoms with Gasteiger partial charge in [-0.1, -0.05) is 36.4 Å². The van der Waals surface area contributed by atoms with Crippen LogP contribution in [0.25, 0.3) is 11.1 Å². The van der Waals surface area contributed by atoms with Crippen LogP contribution < -0.4 is 9.47 Å². The summed E-state index contributed by atoms with van der Waals surface area (Å²) in [7, 11) is 3.34. The maximum absolute atomic E-state index is 5.36. The van der Waals surface area contributed by atoms with Crippen LogP contribution in [0.5, 0.6) is 11.5 Å². The van der Waals surface area contributed by atoms with Gasteiger partial charge in [0.2, 0.25) is 0 Å². The highest BCUT2D eigenvalue weighted by Crippen LogP contribution is 2.37. The highest BCUT2D eigenvalue weighted by molar-refractivity contribution is 6.92. The third kappa shape index (κ3) is 2.78. The van der Waals surface area contributed by atoms with E-state index in [2.05, 4.69) is 0 Å². The topological polar surface area (TPSA) is 18.5 Å². The van der Waals surface area contributed by atoms with E-state index in [1.165, 1.54) is 0 Å². The van der Waals surface area contributed by atoms with Crippen LogP contribution in [-0.4, -0.2) is 14.2 Å². The van der Waals surface area contributed by atoms with E-state index in [0.29, 0.717) is 0 Å². The average Bonchev–Trinajstić information content (AvgIpc) is 2.38. The third-order valence-corrected chi connectivity index (χ3v) is 2.49. The first-order chi connectivity index (χ1) is 7.86. The Morgan fingerprint density at radius 1 is 0.706 bits per heavy atom. The van der Waals surface area contributed by atoms with Gasteiger partial charge < -0.3 is 9.47 Å². The summed E-state index contributed by atoms with van der Waals surface area (Å²) >= 11 is 0. The van der Waals surface area contributed by atoms with E-state index in [4.69, 9.17) is 9.47 Å². The molecule has 0 N–H and O–H groups in total. The molecule has 2 nitrogen and oxygen atoms in total. The molecule has 0 aliphatic carbocycles. The lowest BCUT2D eigenvalue weighted by molar-refractivity contribution is 0.397. The number of ether oxygens (including phenoxy) is 2. The normalized spacial score (nSPS) is 9.29. The molecule has 1 atom stereocenters. The zero-order valence-corrected chi connectivity index (χ0v) is 11.6. The second-order valence-electron chi connectivity index (χ2n) is 3.40. The summed E-state index contributed by atoms with van der Waals surface area (Å²) in [5.41, 5.74) is 2.09. The molecule has 0 radical (unpaired) electrons. The highest BCUT2D eigenvalue weighted by Gasteiger charge is 2.10. The Labute approximate surface area is 105 Å². The van der Waals surface area contributed by atoms with Gasteiger partial charge in [-0.3, -0.25) is 0 Å². The van der Waals surface area contributed by atoms with Gasteiger partial charge >= 0.3 is 0 Å². The minimum atomic E-state index is 0. The molecular formula is C14H17O2P. The second kappa shape index (κ2) is 6.27. The number of rotatable bonds is 3. The van der Waals surface area contributed by atoms with Crippen LogP contribution in [0.1, 0.15) is 0 Å². The van der Waals surface area contributed by atoms with Crippen molar-refractivity contribution in [2.45, 2.75) is 0 Å². The Kier molecular flexibility index (Phi) is 4.99. The van der Waals surface area contributed by atoms with Gasteiger partial charge in [-0.05, 0) is 17.7 Å². The van der Waals surface area contributed by atoms with Crippen molar-refractivity contribution < 1.29 is 9.47 Å². The lowest BCUT2D eigenvalue weighted by Crippen LogP contribution is -1.92. The van der Waals surface area contributed by atoms with Crippen molar-refractivity contribution in [3.05, 3.63) is 48.5 Å². The van der Waals surface area contributed by atoms with Crippen molar-refractivity contribution in [3.63, 3.8) is 0 Å². The summed E-state index contributed by atoms with van der Waals surface area (Å²) in [4.78, 5) is 0. The smallest absolute Gasteiger partial charge is 0.130 e. The Morgan fingerprint density at radius 3 is 1.71 bits per heavy atom. The SMILES string of the molecule is COc1cccc(OC)c1-c1ccccc1.P. The zero-order chi connectivity index (χ0) is 11.4. The van der Waals surface area contributed by atoms with Crippen LogP contribution in [0.4, 0.5) is 0 Å². The monoisotopic (exact) mass is 248 g/mol. The molecule has 0 heterocycles. The first kappa shape index (κ1) is 13.5. The van der Waals surface area contributed by atoms with Crippen molar-refractivity contribution >= 4 is 9.90 Å². The highest BCUT2D eigenvalue weighted by atomic mass is 31.0. The lowest BCUT2D eigenvalue weighted by Gasteiger charge is -2.12. The molecule has 0 amide bonds. The van der Waals surface area contributed by atoms with Gasteiger partial charge in [0.1, 0.15) is 11.5 Å². The Hall–Kier alpha value is -1.53. The van der Waals surface area contributed by atoms with E-state index < -0.39 is 0 Å². The molecule has 0 saturated heterocycles. The largest absolute Gasteiger partial charge is 0.496 e. The number of hydrogen-bond donors (Lipinski definition) is 0. The molecule has 90 valence electrons. The van der Waals surface area contributed by atoms with E-state index in [-0.39, 0.29) is 9.90 Å². The molecule has 0 aliphatic heterocycles. The maximum Gasteiger partial charge on any atom is 0.130 e. The van der Waals surface area contributed by atoms with Gasteiger partial charge in [-0.2, -0.15) is 9.90 Å². The fourth-order valence-electron chi connectivity index (χ4n) is 1.74. The van der Waals surface area contributed by atoms with Crippen LogP contribution in [0, 0.1) is 0 Å². The van der Waals surface area contributed by atoms with Crippen molar-refractivity contribution in [1.82, 2.24) is 0 Å². The Morgan fingerprint density at radius 2 is 1.24 bits per heavy atom. The fraction of sp³-hybridized carbons (Fsp3) is 0.143. The summed E-state index contributed by atoms with van der Waals surface area (Å²) in [5, 5.41) is 0. The molecular weight excluding hydrogens is 231 g/mol. The van der Waals surface area contributed by atoms with Crippen LogP contribution in [0.2, 0.25) is 0 Å². The molecule has 0 spiro atoms. The van der Waals surface area contributed by atoms with Crippen LogP contribution in [0.3, 0.4) is 0 Å². The van der Waals surface area contributed by atoms with Crippen molar-refractivity contribution in [3.8, 4) is 22.6 Å². The Balaban J connectivity index is 0.00000144. The van der Waals surface area contributed by atoms with E-state index in [1.807, 2.05) is 48.5 Å². The van der Waals surface area contributed by atoms with Gasteiger partial charge in [-0.15, -0.1) is 0 Å². The van der Waals surface area contributed by atoms with Crippen LogP contribution in [0.15, 0.2) is 48.5 Å². The van der Waals surface area contributed by atoms with Crippen LogP contribution in [-0.2, 0) is 0 Å². The van der Waals surface area contributed by atoms with Crippen LogP contribution >= 0.6 is 9.90 Å².